The first-order valence-electron chi connectivity index (χ1n) is 6.51. The number of carboxylic acid groups (broad SMARTS) is 1. The lowest BCUT2D eigenvalue weighted by atomic mass is 10.1. The quantitative estimate of drug-likeness (QED) is 0.845. The summed E-state index contributed by atoms with van der Waals surface area (Å²) in [6.45, 7) is 2.36. The van der Waals surface area contributed by atoms with Gasteiger partial charge in [0.25, 0.3) is 0 Å². The molecule has 0 fully saturated rings. The third-order valence-corrected chi connectivity index (χ3v) is 3.22. The molecular weight excluding hydrogens is 270 g/mol. The number of benzene rings is 1. The molecule has 0 bridgehead atoms. The van der Waals surface area contributed by atoms with Crippen LogP contribution >= 0.6 is 0 Å². The molecule has 6 heteroatoms. The molecule has 0 radical (unpaired) electrons. The van der Waals surface area contributed by atoms with Crippen molar-refractivity contribution >= 4 is 5.97 Å². The van der Waals surface area contributed by atoms with E-state index in [4.69, 9.17) is 9.84 Å². The van der Waals surface area contributed by atoms with Crippen molar-refractivity contribution < 1.29 is 14.6 Å². The van der Waals surface area contributed by atoms with E-state index in [9.17, 15) is 4.79 Å². The van der Waals surface area contributed by atoms with E-state index in [1.165, 1.54) is 12.5 Å². The summed E-state index contributed by atoms with van der Waals surface area (Å²) in [6, 6.07) is 7.78. The molecular formula is C15H17N3O3. The topological polar surface area (TPSA) is 84.3 Å². The number of aromatic carboxylic acids is 1. The van der Waals surface area contributed by atoms with E-state index in [0.29, 0.717) is 12.2 Å². The third kappa shape index (κ3) is 3.76. The van der Waals surface area contributed by atoms with Gasteiger partial charge in [0.1, 0.15) is 17.6 Å². The van der Waals surface area contributed by atoms with Gasteiger partial charge in [-0.15, -0.1) is 0 Å². The average Bonchev–Trinajstić information content (AvgIpc) is 2.52. The first-order valence-corrected chi connectivity index (χ1v) is 6.51. The van der Waals surface area contributed by atoms with Gasteiger partial charge in [-0.1, -0.05) is 12.1 Å². The third-order valence-electron chi connectivity index (χ3n) is 3.22. The largest absolute Gasteiger partial charge is 0.497 e. The molecule has 0 aliphatic carbocycles. The molecule has 1 heterocycles. The lowest BCUT2D eigenvalue weighted by molar-refractivity contribution is 0.0694. The Labute approximate surface area is 122 Å². The fraction of sp³-hybridized carbons (Fsp3) is 0.267. The molecule has 0 unspecified atom stereocenters. The number of hydrogen-bond acceptors (Lipinski definition) is 5. The maximum Gasteiger partial charge on any atom is 0.339 e. The van der Waals surface area contributed by atoms with Crippen molar-refractivity contribution in [2.75, 3.05) is 7.11 Å². The van der Waals surface area contributed by atoms with Crippen LogP contribution in [0, 0.1) is 0 Å². The van der Waals surface area contributed by atoms with Crippen LogP contribution in [0.1, 0.15) is 34.6 Å². The summed E-state index contributed by atoms with van der Waals surface area (Å²) in [6.07, 6.45) is 2.66. The zero-order valence-electron chi connectivity index (χ0n) is 11.9. The van der Waals surface area contributed by atoms with Crippen LogP contribution in [0.15, 0.2) is 36.8 Å². The lowest BCUT2D eigenvalue weighted by Crippen LogP contribution is -2.20. The first kappa shape index (κ1) is 14.9. The predicted octanol–water partition coefficient (Wildman–Crippen LogP) is 2.03. The summed E-state index contributed by atoms with van der Waals surface area (Å²) in [7, 11) is 1.62. The molecule has 1 atom stereocenters. The van der Waals surface area contributed by atoms with Gasteiger partial charge < -0.3 is 15.2 Å². The number of carbonyl (C=O) groups is 1. The van der Waals surface area contributed by atoms with Crippen LogP contribution in [0.25, 0.3) is 0 Å². The van der Waals surface area contributed by atoms with Crippen LogP contribution in [-0.2, 0) is 6.54 Å². The van der Waals surface area contributed by atoms with Crippen LogP contribution in [0.2, 0.25) is 0 Å². The van der Waals surface area contributed by atoms with E-state index in [-0.39, 0.29) is 11.6 Å². The molecule has 0 aliphatic rings. The zero-order valence-corrected chi connectivity index (χ0v) is 11.9. The van der Waals surface area contributed by atoms with Crippen molar-refractivity contribution in [1.29, 1.82) is 0 Å². The van der Waals surface area contributed by atoms with Gasteiger partial charge in [-0.2, -0.15) is 0 Å². The summed E-state index contributed by atoms with van der Waals surface area (Å²) in [5, 5.41) is 12.3. The molecule has 2 N–H and O–H groups in total. The number of nitrogens with zero attached hydrogens (tertiary/aromatic N) is 2. The summed E-state index contributed by atoms with van der Waals surface area (Å²) in [4.78, 5) is 18.8. The van der Waals surface area contributed by atoms with E-state index in [1.807, 2.05) is 31.2 Å². The molecule has 0 amide bonds. The van der Waals surface area contributed by atoms with Crippen LogP contribution in [0.5, 0.6) is 5.75 Å². The minimum Gasteiger partial charge on any atom is -0.497 e. The molecule has 0 aliphatic heterocycles. The molecule has 2 aromatic rings. The van der Waals surface area contributed by atoms with Crippen molar-refractivity contribution in [3.63, 3.8) is 0 Å². The lowest BCUT2D eigenvalue weighted by Gasteiger charge is -2.15. The zero-order chi connectivity index (χ0) is 15.2. The smallest absolute Gasteiger partial charge is 0.339 e. The Balaban J connectivity index is 2.03. The fourth-order valence-electron chi connectivity index (χ4n) is 1.93. The summed E-state index contributed by atoms with van der Waals surface area (Å²) >= 11 is 0. The van der Waals surface area contributed by atoms with Gasteiger partial charge in [-0.25, -0.2) is 14.8 Å². The predicted molar refractivity (Wildman–Crippen MR) is 77.2 cm³/mol. The van der Waals surface area contributed by atoms with E-state index < -0.39 is 5.97 Å². The molecule has 1 aromatic heterocycles. The van der Waals surface area contributed by atoms with Gasteiger partial charge in [-0.05, 0) is 24.6 Å². The second kappa shape index (κ2) is 6.81. The molecule has 110 valence electrons. The standard InChI is InChI=1S/C15H17N3O3/c1-10(11-3-5-12(21-2)6-4-11)17-8-14-13(15(19)20)7-16-9-18-14/h3-7,9-10,17H,8H2,1-2H3,(H,19,20)/t10-/m1/s1. The number of carboxylic acids is 1. The van der Waals surface area contributed by atoms with E-state index >= 15 is 0 Å². The van der Waals surface area contributed by atoms with Gasteiger partial charge >= 0.3 is 5.97 Å². The summed E-state index contributed by atoms with van der Waals surface area (Å²) in [5.41, 5.74) is 1.67. The Morgan fingerprint density at radius 3 is 2.71 bits per heavy atom. The van der Waals surface area contributed by atoms with Gasteiger partial charge in [0, 0.05) is 18.8 Å². The Hall–Kier alpha value is -2.47. The van der Waals surface area contributed by atoms with Crippen molar-refractivity contribution in [2.45, 2.75) is 19.5 Å². The molecule has 0 saturated heterocycles. The van der Waals surface area contributed by atoms with Crippen LogP contribution in [0.3, 0.4) is 0 Å². The molecule has 0 spiro atoms. The Morgan fingerprint density at radius 2 is 2.10 bits per heavy atom. The minimum atomic E-state index is -1.02. The second-order valence-corrected chi connectivity index (χ2v) is 4.56. The number of nitrogens with one attached hydrogen (secondary N) is 1. The Bertz CT molecular complexity index is 614. The van der Waals surface area contributed by atoms with Crippen LogP contribution < -0.4 is 10.1 Å². The second-order valence-electron chi connectivity index (χ2n) is 4.56. The van der Waals surface area contributed by atoms with Crippen LogP contribution in [0.4, 0.5) is 0 Å². The van der Waals surface area contributed by atoms with Gasteiger partial charge in [-0.3, -0.25) is 0 Å². The first-order chi connectivity index (χ1) is 10.1. The van der Waals surface area contributed by atoms with Crippen molar-refractivity contribution in [3.8, 4) is 5.75 Å². The molecule has 2 rings (SSSR count). The molecule has 21 heavy (non-hydrogen) atoms. The summed E-state index contributed by atoms with van der Waals surface area (Å²) in [5.74, 6) is -0.223. The van der Waals surface area contributed by atoms with Crippen molar-refractivity contribution in [1.82, 2.24) is 15.3 Å². The number of ether oxygens (including phenoxy) is 1. The number of methoxy groups -OCH3 is 1. The van der Waals surface area contributed by atoms with Crippen molar-refractivity contribution in [3.05, 3.63) is 53.6 Å². The molecule has 1 aromatic carbocycles. The van der Waals surface area contributed by atoms with Gasteiger partial charge in [0.05, 0.1) is 12.8 Å². The summed E-state index contributed by atoms with van der Waals surface area (Å²) < 4.78 is 5.12. The highest BCUT2D eigenvalue weighted by atomic mass is 16.5. The van der Waals surface area contributed by atoms with Crippen LogP contribution in [-0.4, -0.2) is 28.2 Å². The van der Waals surface area contributed by atoms with Gasteiger partial charge in [0.15, 0.2) is 0 Å². The fourth-order valence-corrected chi connectivity index (χ4v) is 1.93. The molecule has 6 nitrogen and oxygen atoms in total. The maximum absolute atomic E-state index is 11.1. The number of rotatable bonds is 6. The van der Waals surface area contributed by atoms with E-state index in [1.54, 1.807) is 7.11 Å². The highest BCUT2D eigenvalue weighted by Crippen LogP contribution is 2.17. The highest BCUT2D eigenvalue weighted by Gasteiger charge is 2.12. The number of hydrogen-bond donors (Lipinski definition) is 2. The monoisotopic (exact) mass is 287 g/mol. The van der Waals surface area contributed by atoms with E-state index in [2.05, 4.69) is 15.3 Å². The number of aromatic nitrogens is 2. The SMILES string of the molecule is COc1ccc([C@@H](C)NCc2ncncc2C(=O)O)cc1. The van der Waals surface area contributed by atoms with Crippen molar-refractivity contribution in [2.24, 2.45) is 0 Å². The Morgan fingerprint density at radius 1 is 1.38 bits per heavy atom. The maximum atomic E-state index is 11.1. The van der Waals surface area contributed by atoms with E-state index in [0.717, 1.165) is 11.3 Å². The Kier molecular flexibility index (Phi) is 4.84. The molecule has 0 saturated carbocycles. The van der Waals surface area contributed by atoms with Gasteiger partial charge in [0.2, 0.25) is 0 Å². The average molecular weight is 287 g/mol. The normalized spacial score (nSPS) is 11.9. The highest BCUT2D eigenvalue weighted by molar-refractivity contribution is 5.88. The minimum absolute atomic E-state index is 0.0625.